The predicted molar refractivity (Wildman–Crippen MR) is 75.8 cm³/mol. The predicted octanol–water partition coefficient (Wildman–Crippen LogP) is 2.21. The van der Waals surface area contributed by atoms with Crippen LogP contribution in [0.5, 0.6) is 0 Å². The summed E-state index contributed by atoms with van der Waals surface area (Å²) < 4.78 is 0. The van der Waals surface area contributed by atoms with Gasteiger partial charge in [0.25, 0.3) is 0 Å². The largest absolute Gasteiger partial charge is 0.355 e. The molecule has 19 heavy (non-hydrogen) atoms. The number of hydrogen-bond acceptors (Lipinski definition) is 2. The van der Waals surface area contributed by atoms with E-state index in [0.717, 1.165) is 12.0 Å². The summed E-state index contributed by atoms with van der Waals surface area (Å²) in [6.45, 7) is 4.45. The second-order valence-corrected chi connectivity index (χ2v) is 4.72. The number of rotatable bonds is 6. The maximum absolute atomic E-state index is 11.7. The lowest BCUT2D eigenvalue weighted by atomic mass is 10.2. The summed E-state index contributed by atoms with van der Waals surface area (Å²) in [7, 11) is 0. The number of carbonyl (C=O) groups is 2. The number of halogens is 1. The van der Waals surface area contributed by atoms with Crippen LogP contribution in [-0.4, -0.2) is 29.8 Å². The fourth-order valence-corrected chi connectivity index (χ4v) is 1.80. The molecule has 0 saturated carbocycles. The van der Waals surface area contributed by atoms with E-state index in [1.165, 1.54) is 11.8 Å². The highest BCUT2D eigenvalue weighted by atomic mass is 35.5. The number of nitrogens with one attached hydrogen (secondary N) is 1. The lowest BCUT2D eigenvalue weighted by Gasteiger charge is -2.21. The third-order valence-electron chi connectivity index (χ3n) is 2.67. The van der Waals surface area contributed by atoms with Gasteiger partial charge in [0.15, 0.2) is 0 Å². The average molecular weight is 283 g/mol. The monoisotopic (exact) mass is 282 g/mol. The maximum Gasteiger partial charge on any atom is 0.239 e. The summed E-state index contributed by atoms with van der Waals surface area (Å²) in [6, 6.07) is 7.31. The molecular formula is C14H19ClN2O2. The molecule has 0 heterocycles. The standard InChI is InChI=1S/C14H19ClN2O2/c1-3-8-16-14(19)10-17(11(2)18)9-12-6-4-5-7-13(12)15/h4-7H,3,8-10H2,1-2H3,(H,16,19). The third kappa shape index (κ3) is 5.30. The van der Waals surface area contributed by atoms with Crippen molar-refractivity contribution in [2.24, 2.45) is 0 Å². The highest BCUT2D eigenvalue weighted by Gasteiger charge is 2.14. The van der Waals surface area contributed by atoms with Crippen molar-refractivity contribution in [1.82, 2.24) is 10.2 Å². The minimum atomic E-state index is -0.149. The Morgan fingerprint density at radius 1 is 1.32 bits per heavy atom. The van der Waals surface area contributed by atoms with Crippen molar-refractivity contribution >= 4 is 23.4 Å². The fraction of sp³-hybridized carbons (Fsp3) is 0.429. The average Bonchev–Trinajstić information content (AvgIpc) is 2.38. The Hall–Kier alpha value is -1.55. The Balaban J connectivity index is 2.66. The molecule has 1 aromatic rings. The summed E-state index contributed by atoms with van der Waals surface area (Å²) in [4.78, 5) is 24.7. The lowest BCUT2D eigenvalue weighted by molar-refractivity contribution is -0.134. The molecule has 0 bridgehead atoms. The van der Waals surface area contributed by atoms with Gasteiger partial charge in [0, 0.05) is 25.0 Å². The van der Waals surface area contributed by atoms with Gasteiger partial charge in [-0.2, -0.15) is 0 Å². The van der Waals surface area contributed by atoms with Gasteiger partial charge in [0.05, 0.1) is 6.54 Å². The van der Waals surface area contributed by atoms with Crippen molar-refractivity contribution in [1.29, 1.82) is 0 Å². The van der Waals surface area contributed by atoms with E-state index in [4.69, 9.17) is 11.6 Å². The molecular weight excluding hydrogens is 264 g/mol. The first-order valence-electron chi connectivity index (χ1n) is 6.30. The van der Waals surface area contributed by atoms with Crippen molar-refractivity contribution in [2.45, 2.75) is 26.8 Å². The number of amides is 2. The van der Waals surface area contributed by atoms with Gasteiger partial charge >= 0.3 is 0 Å². The van der Waals surface area contributed by atoms with Crippen molar-refractivity contribution in [2.75, 3.05) is 13.1 Å². The van der Waals surface area contributed by atoms with E-state index < -0.39 is 0 Å². The first-order chi connectivity index (χ1) is 9.04. The van der Waals surface area contributed by atoms with Crippen LogP contribution in [0.4, 0.5) is 0 Å². The summed E-state index contributed by atoms with van der Waals surface area (Å²) in [5, 5.41) is 3.35. The summed E-state index contributed by atoms with van der Waals surface area (Å²) in [5.41, 5.74) is 0.836. The minimum absolute atomic E-state index is 0.0561. The second-order valence-electron chi connectivity index (χ2n) is 4.32. The number of carbonyl (C=O) groups excluding carboxylic acids is 2. The lowest BCUT2D eigenvalue weighted by Crippen LogP contribution is -2.39. The molecule has 2 amide bonds. The molecule has 5 heteroatoms. The molecule has 104 valence electrons. The molecule has 0 fully saturated rings. The summed E-state index contributed by atoms with van der Waals surface area (Å²) in [5.74, 6) is -0.296. The van der Waals surface area contributed by atoms with Crippen LogP contribution in [-0.2, 0) is 16.1 Å². The zero-order chi connectivity index (χ0) is 14.3. The second kappa shape index (κ2) is 7.79. The summed E-state index contributed by atoms with van der Waals surface area (Å²) in [6.07, 6.45) is 0.871. The van der Waals surface area contributed by atoms with E-state index in [-0.39, 0.29) is 18.4 Å². The molecule has 1 N–H and O–H groups in total. The van der Waals surface area contributed by atoms with Gasteiger partial charge in [0.2, 0.25) is 11.8 Å². The Labute approximate surface area is 118 Å². The van der Waals surface area contributed by atoms with Gasteiger partial charge in [-0.05, 0) is 18.1 Å². The molecule has 4 nitrogen and oxygen atoms in total. The zero-order valence-electron chi connectivity index (χ0n) is 11.3. The molecule has 0 aliphatic carbocycles. The highest BCUT2D eigenvalue weighted by molar-refractivity contribution is 6.31. The van der Waals surface area contributed by atoms with Gasteiger partial charge in [-0.1, -0.05) is 36.7 Å². The first kappa shape index (κ1) is 15.5. The van der Waals surface area contributed by atoms with E-state index in [2.05, 4.69) is 5.32 Å². The van der Waals surface area contributed by atoms with Crippen LogP contribution in [0.3, 0.4) is 0 Å². The minimum Gasteiger partial charge on any atom is -0.355 e. The maximum atomic E-state index is 11.7. The molecule has 0 saturated heterocycles. The van der Waals surface area contributed by atoms with Crippen molar-refractivity contribution < 1.29 is 9.59 Å². The normalized spacial score (nSPS) is 10.1. The molecule has 0 aliphatic rings. The van der Waals surface area contributed by atoms with Crippen molar-refractivity contribution in [3.63, 3.8) is 0 Å². The number of nitrogens with zero attached hydrogens (tertiary/aromatic N) is 1. The SMILES string of the molecule is CCCNC(=O)CN(Cc1ccccc1Cl)C(C)=O. The van der Waals surface area contributed by atoms with Gasteiger partial charge in [-0.25, -0.2) is 0 Å². The van der Waals surface area contributed by atoms with Crippen molar-refractivity contribution in [3.05, 3.63) is 34.9 Å². The Bertz CT molecular complexity index is 449. The van der Waals surface area contributed by atoms with E-state index >= 15 is 0 Å². The van der Waals surface area contributed by atoms with E-state index in [9.17, 15) is 9.59 Å². The van der Waals surface area contributed by atoms with Crippen LogP contribution >= 0.6 is 11.6 Å². The van der Waals surface area contributed by atoms with Crippen LogP contribution in [0.1, 0.15) is 25.8 Å². The molecule has 0 atom stereocenters. The van der Waals surface area contributed by atoms with Gasteiger partial charge < -0.3 is 10.2 Å². The third-order valence-corrected chi connectivity index (χ3v) is 3.04. The quantitative estimate of drug-likeness (QED) is 0.870. The Morgan fingerprint density at radius 3 is 2.58 bits per heavy atom. The molecule has 1 rings (SSSR count). The Kier molecular flexibility index (Phi) is 6.36. The number of benzene rings is 1. The van der Waals surface area contributed by atoms with Crippen LogP contribution < -0.4 is 5.32 Å². The molecule has 0 unspecified atom stereocenters. The molecule has 0 radical (unpaired) electrons. The Morgan fingerprint density at radius 2 is 2.00 bits per heavy atom. The molecule has 0 spiro atoms. The van der Waals surface area contributed by atoms with Crippen molar-refractivity contribution in [3.8, 4) is 0 Å². The van der Waals surface area contributed by atoms with Gasteiger partial charge in [-0.3, -0.25) is 9.59 Å². The van der Waals surface area contributed by atoms with E-state index in [0.29, 0.717) is 18.1 Å². The number of hydrogen-bond donors (Lipinski definition) is 1. The van der Waals surface area contributed by atoms with Gasteiger partial charge in [0.1, 0.15) is 0 Å². The van der Waals surface area contributed by atoms with Crippen LogP contribution in [0.2, 0.25) is 5.02 Å². The first-order valence-corrected chi connectivity index (χ1v) is 6.68. The fourth-order valence-electron chi connectivity index (χ4n) is 1.60. The summed E-state index contributed by atoms with van der Waals surface area (Å²) >= 11 is 6.05. The molecule has 0 aromatic heterocycles. The van der Waals surface area contributed by atoms with Crippen LogP contribution in [0.15, 0.2) is 24.3 Å². The van der Waals surface area contributed by atoms with E-state index in [1.54, 1.807) is 6.07 Å². The zero-order valence-corrected chi connectivity index (χ0v) is 12.0. The van der Waals surface area contributed by atoms with Crippen LogP contribution in [0, 0.1) is 0 Å². The smallest absolute Gasteiger partial charge is 0.239 e. The molecule has 0 aliphatic heterocycles. The van der Waals surface area contributed by atoms with E-state index in [1.807, 2.05) is 25.1 Å². The van der Waals surface area contributed by atoms with Crippen LogP contribution in [0.25, 0.3) is 0 Å². The topological polar surface area (TPSA) is 49.4 Å². The molecule has 1 aromatic carbocycles. The highest BCUT2D eigenvalue weighted by Crippen LogP contribution is 2.16. The van der Waals surface area contributed by atoms with Gasteiger partial charge in [-0.15, -0.1) is 0 Å².